The molecule has 1 heterocycles. The zero-order valence-electron chi connectivity index (χ0n) is 21.7. The first-order valence-electron chi connectivity index (χ1n) is 13.0. The normalized spacial score (nSPS) is 27.2. The summed E-state index contributed by atoms with van der Waals surface area (Å²) in [4.78, 5) is 27.2. The molecule has 0 N–H and O–H groups in total. The van der Waals surface area contributed by atoms with Gasteiger partial charge in [0, 0.05) is 28.9 Å². The Morgan fingerprint density at radius 2 is 2.03 bits per heavy atom. The molecular weight excluding hydrogens is 474 g/mol. The average molecular weight is 510 g/mol. The summed E-state index contributed by atoms with van der Waals surface area (Å²) in [5.74, 6) is 0.687. The number of anilines is 1. The number of hydrogen-bond acceptors (Lipinski definition) is 5. The van der Waals surface area contributed by atoms with Crippen LogP contribution in [0.3, 0.4) is 0 Å². The lowest BCUT2D eigenvalue weighted by molar-refractivity contribution is -0.123. The monoisotopic (exact) mass is 509 g/mol. The van der Waals surface area contributed by atoms with Crippen molar-refractivity contribution in [3.05, 3.63) is 58.1 Å². The number of carbonyl (C=O) groups excluding carboxylic acids is 2. The second kappa shape index (κ2) is 9.09. The summed E-state index contributed by atoms with van der Waals surface area (Å²) >= 11 is 6.35. The Hall–Kier alpha value is -2.53. The molecule has 2 aromatic carbocycles. The van der Waals surface area contributed by atoms with Gasteiger partial charge in [-0.05, 0) is 100 Å². The number of fused-ring (bicyclic) bond motifs is 3. The van der Waals surface area contributed by atoms with Gasteiger partial charge in [-0.15, -0.1) is 0 Å². The van der Waals surface area contributed by atoms with Gasteiger partial charge in [-0.25, -0.2) is 4.79 Å². The lowest BCUT2D eigenvalue weighted by Crippen LogP contribution is -2.51. The second-order valence-corrected chi connectivity index (χ2v) is 12.6. The van der Waals surface area contributed by atoms with Crippen molar-refractivity contribution in [1.29, 1.82) is 0 Å². The molecule has 1 unspecified atom stereocenters. The fraction of sp³-hybridized carbons (Fsp3) is 0.533. The van der Waals surface area contributed by atoms with Gasteiger partial charge in [0.25, 0.3) is 0 Å². The second-order valence-electron chi connectivity index (χ2n) is 12.1. The van der Waals surface area contributed by atoms with Gasteiger partial charge in [-0.3, -0.25) is 0 Å². The summed E-state index contributed by atoms with van der Waals surface area (Å²) in [6.45, 7) is 9.75. The first-order valence-corrected chi connectivity index (χ1v) is 13.4. The molecule has 1 spiro atoms. The van der Waals surface area contributed by atoms with Gasteiger partial charge < -0.3 is 19.2 Å². The molecule has 6 heteroatoms. The summed E-state index contributed by atoms with van der Waals surface area (Å²) in [6, 6.07) is 11.8. The van der Waals surface area contributed by atoms with Crippen LogP contribution in [0.4, 0.5) is 5.69 Å². The van der Waals surface area contributed by atoms with E-state index in [0.717, 1.165) is 67.9 Å². The number of aryl methyl sites for hydroxylation is 1. The van der Waals surface area contributed by atoms with Gasteiger partial charge >= 0.3 is 5.97 Å². The number of nitrogens with zero attached hydrogens (tertiary/aromatic N) is 1. The standard InChI is InChI=1S/C30H36ClNO4/c1-28(2,3)36-27(34)21-7-10-26-25(15-21)32(16-22-11-13-29(22,4)18-33)17-30(19-35-26)12-5-6-20-14-23(31)8-9-24(20)30/h7-10,14-15,18,22H,5-6,11-13,16-17,19H2,1-4H3/t22-,29+,30?/m0/s1. The van der Waals surface area contributed by atoms with E-state index in [-0.39, 0.29) is 22.7 Å². The lowest BCUT2D eigenvalue weighted by atomic mass is 9.62. The van der Waals surface area contributed by atoms with E-state index in [1.165, 1.54) is 11.1 Å². The maximum absolute atomic E-state index is 12.9. The maximum atomic E-state index is 12.9. The predicted octanol–water partition coefficient (Wildman–Crippen LogP) is 6.38. The Balaban J connectivity index is 1.55. The van der Waals surface area contributed by atoms with E-state index >= 15 is 0 Å². The van der Waals surface area contributed by atoms with Crippen LogP contribution in [0.5, 0.6) is 5.75 Å². The van der Waals surface area contributed by atoms with Crippen LogP contribution in [-0.2, 0) is 21.4 Å². The van der Waals surface area contributed by atoms with Gasteiger partial charge in [-0.1, -0.05) is 24.6 Å². The number of aldehydes is 1. The number of benzene rings is 2. The van der Waals surface area contributed by atoms with Crippen molar-refractivity contribution in [2.75, 3.05) is 24.6 Å². The van der Waals surface area contributed by atoms with Crippen LogP contribution in [0.1, 0.15) is 74.9 Å². The molecule has 0 saturated heterocycles. The van der Waals surface area contributed by atoms with E-state index in [0.29, 0.717) is 12.2 Å². The minimum atomic E-state index is -0.574. The molecule has 0 radical (unpaired) electrons. The summed E-state index contributed by atoms with van der Waals surface area (Å²) < 4.78 is 12.2. The third kappa shape index (κ3) is 4.63. The van der Waals surface area contributed by atoms with E-state index in [9.17, 15) is 9.59 Å². The Morgan fingerprint density at radius 1 is 1.22 bits per heavy atom. The van der Waals surface area contributed by atoms with Crippen LogP contribution in [0.15, 0.2) is 36.4 Å². The quantitative estimate of drug-likeness (QED) is 0.353. The zero-order valence-corrected chi connectivity index (χ0v) is 22.5. The Labute approximate surface area is 219 Å². The minimum Gasteiger partial charge on any atom is -0.490 e. The van der Waals surface area contributed by atoms with E-state index < -0.39 is 5.60 Å². The van der Waals surface area contributed by atoms with Crippen molar-refractivity contribution in [2.45, 2.75) is 70.8 Å². The summed E-state index contributed by atoms with van der Waals surface area (Å²) in [6.07, 6.45) is 6.16. The smallest absolute Gasteiger partial charge is 0.338 e. The van der Waals surface area contributed by atoms with E-state index in [2.05, 4.69) is 24.0 Å². The van der Waals surface area contributed by atoms with Crippen molar-refractivity contribution in [1.82, 2.24) is 0 Å². The summed E-state index contributed by atoms with van der Waals surface area (Å²) in [5, 5.41) is 0.763. The van der Waals surface area contributed by atoms with Crippen LogP contribution < -0.4 is 9.64 Å². The summed E-state index contributed by atoms with van der Waals surface area (Å²) in [7, 11) is 0. The van der Waals surface area contributed by atoms with Gasteiger partial charge in [-0.2, -0.15) is 0 Å². The molecule has 5 nitrogen and oxygen atoms in total. The van der Waals surface area contributed by atoms with Crippen LogP contribution in [0, 0.1) is 11.3 Å². The molecule has 3 atom stereocenters. The van der Waals surface area contributed by atoms with Crippen molar-refractivity contribution >= 4 is 29.5 Å². The number of rotatable bonds is 4. The van der Waals surface area contributed by atoms with Crippen molar-refractivity contribution in [3.63, 3.8) is 0 Å². The molecule has 1 fully saturated rings. The number of hydrogen-bond donors (Lipinski definition) is 0. The number of ether oxygens (including phenoxy) is 2. The topological polar surface area (TPSA) is 55.8 Å². The fourth-order valence-electron chi connectivity index (χ4n) is 6.10. The molecule has 3 aliphatic rings. The maximum Gasteiger partial charge on any atom is 0.338 e. The molecule has 2 aromatic rings. The third-order valence-electron chi connectivity index (χ3n) is 8.35. The van der Waals surface area contributed by atoms with Crippen molar-refractivity contribution < 1.29 is 19.1 Å². The van der Waals surface area contributed by atoms with Crippen molar-refractivity contribution in [3.8, 4) is 5.75 Å². The Kier molecular flexibility index (Phi) is 6.35. The van der Waals surface area contributed by atoms with Gasteiger partial charge in [0.2, 0.25) is 0 Å². The Bertz CT molecular complexity index is 1190. The van der Waals surface area contributed by atoms with Gasteiger partial charge in [0.05, 0.1) is 17.9 Å². The molecule has 2 aliphatic carbocycles. The highest BCUT2D eigenvalue weighted by Gasteiger charge is 2.46. The first kappa shape index (κ1) is 25.1. The number of halogens is 1. The molecule has 5 rings (SSSR count). The molecule has 192 valence electrons. The molecule has 36 heavy (non-hydrogen) atoms. The molecule has 0 aromatic heterocycles. The van der Waals surface area contributed by atoms with Crippen LogP contribution in [0.25, 0.3) is 0 Å². The summed E-state index contributed by atoms with van der Waals surface area (Å²) in [5.41, 5.74) is 2.93. The van der Waals surface area contributed by atoms with E-state index in [4.69, 9.17) is 21.1 Å². The number of carbonyl (C=O) groups is 2. The van der Waals surface area contributed by atoms with E-state index in [1.807, 2.05) is 39.0 Å². The van der Waals surface area contributed by atoms with Crippen LogP contribution in [-0.4, -0.2) is 37.6 Å². The van der Waals surface area contributed by atoms with Gasteiger partial charge in [0.1, 0.15) is 17.6 Å². The average Bonchev–Trinajstić information content (AvgIpc) is 2.97. The highest BCUT2D eigenvalue weighted by Crippen LogP contribution is 2.49. The van der Waals surface area contributed by atoms with E-state index in [1.54, 1.807) is 6.07 Å². The molecule has 1 aliphatic heterocycles. The Morgan fingerprint density at radius 3 is 2.72 bits per heavy atom. The molecule has 0 bridgehead atoms. The van der Waals surface area contributed by atoms with Crippen molar-refractivity contribution in [2.24, 2.45) is 11.3 Å². The van der Waals surface area contributed by atoms with Crippen LogP contribution >= 0.6 is 11.6 Å². The number of esters is 1. The molecular formula is C30H36ClNO4. The largest absolute Gasteiger partial charge is 0.490 e. The highest BCUT2D eigenvalue weighted by atomic mass is 35.5. The van der Waals surface area contributed by atoms with Crippen LogP contribution in [0.2, 0.25) is 5.02 Å². The SMILES string of the molecule is CC(C)(C)OC(=O)c1ccc2c(c1)N(C[C@@H]1CC[C@]1(C)C=O)CC1(CCCc3cc(Cl)ccc31)CO2. The highest BCUT2D eigenvalue weighted by molar-refractivity contribution is 6.30. The third-order valence-corrected chi connectivity index (χ3v) is 8.58. The predicted molar refractivity (Wildman–Crippen MR) is 142 cm³/mol. The zero-order chi connectivity index (χ0) is 25.7. The minimum absolute atomic E-state index is 0.190. The molecule has 0 amide bonds. The first-order chi connectivity index (χ1) is 17.0. The lowest BCUT2D eigenvalue weighted by Gasteiger charge is -2.47. The molecule has 1 saturated carbocycles. The van der Waals surface area contributed by atoms with Gasteiger partial charge in [0.15, 0.2) is 0 Å². The fourth-order valence-corrected chi connectivity index (χ4v) is 6.30.